The lowest BCUT2D eigenvalue weighted by Gasteiger charge is -2.23. The Hall–Kier alpha value is -1.83. The van der Waals surface area contributed by atoms with E-state index in [-0.39, 0.29) is 18.5 Å². The number of likely N-dealkylation sites (tertiary alicyclic amines) is 1. The number of likely N-dealkylation sites (N-methyl/N-ethyl adjacent to an activating group) is 1. The van der Waals surface area contributed by atoms with Crippen molar-refractivity contribution in [2.45, 2.75) is 32.1 Å². The Kier molecular flexibility index (Phi) is 5.37. The molecule has 2 rings (SSSR count). The Morgan fingerprint density at radius 3 is 2.46 bits per heavy atom. The van der Waals surface area contributed by atoms with E-state index in [1.54, 1.807) is 4.90 Å². The average molecular weight is 345 g/mol. The van der Waals surface area contributed by atoms with Crippen LogP contribution in [0.4, 0.5) is 13.2 Å². The number of carbonyl (C=O) groups excluding carboxylic acids is 1. The fourth-order valence-electron chi connectivity index (χ4n) is 3.11. The Labute approximate surface area is 138 Å². The molecule has 0 aromatic carbocycles. The van der Waals surface area contributed by atoms with E-state index in [1.165, 1.54) is 0 Å². The van der Waals surface area contributed by atoms with Crippen LogP contribution in [0.1, 0.15) is 18.9 Å². The number of carbonyl (C=O) groups is 1. The lowest BCUT2D eigenvalue weighted by Crippen LogP contribution is -2.38. The van der Waals surface area contributed by atoms with E-state index >= 15 is 0 Å². The van der Waals surface area contributed by atoms with E-state index in [0.29, 0.717) is 25.2 Å². The number of hydrogen-bond acceptors (Lipinski definition) is 3. The normalized spacial score (nSPS) is 21.5. The van der Waals surface area contributed by atoms with Crippen molar-refractivity contribution in [3.8, 4) is 0 Å². The van der Waals surface area contributed by atoms with Gasteiger partial charge in [-0.2, -0.15) is 13.2 Å². The summed E-state index contributed by atoms with van der Waals surface area (Å²) >= 11 is 0. The molecule has 0 unspecified atom stereocenters. The summed E-state index contributed by atoms with van der Waals surface area (Å²) in [7, 11) is 3.89. The first-order valence-corrected chi connectivity index (χ1v) is 7.85. The van der Waals surface area contributed by atoms with Crippen LogP contribution in [-0.2, 0) is 17.5 Å². The van der Waals surface area contributed by atoms with Crippen molar-refractivity contribution in [1.82, 2.24) is 14.4 Å². The maximum absolute atomic E-state index is 12.8. The van der Waals surface area contributed by atoms with E-state index in [1.807, 2.05) is 21.0 Å². The minimum atomic E-state index is -4.55. The lowest BCUT2D eigenvalue weighted by atomic mass is 10.0. The number of rotatable bonds is 4. The Morgan fingerprint density at radius 2 is 1.96 bits per heavy atom. The summed E-state index contributed by atoms with van der Waals surface area (Å²) in [6.07, 6.45) is -2.93. The quantitative estimate of drug-likeness (QED) is 0.834. The molecule has 0 saturated carbocycles. The van der Waals surface area contributed by atoms with Crippen LogP contribution in [0.25, 0.3) is 0 Å². The topological polar surface area (TPSA) is 45.6 Å². The average Bonchev–Trinajstić information content (AvgIpc) is 2.93. The number of aromatic nitrogens is 1. The molecule has 8 heteroatoms. The summed E-state index contributed by atoms with van der Waals surface area (Å²) in [5.41, 5.74) is -1.55. The van der Waals surface area contributed by atoms with Gasteiger partial charge in [0, 0.05) is 31.4 Å². The highest BCUT2D eigenvalue weighted by atomic mass is 19.4. The number of hydrogen-bond donors (Lipinski definition) is 0. The molecule has 2 atom stereocenters. The molecule has 0 bridgehead atoms. The molecule has 0 radical (unpaired) electrons. The van der Waals surface area contributed by atoms with E-state index in [9.17, 15) is 22.8 Å². The third-order valence-corrected chi connectivity index (χ3v) is 4.56. The zero-order chi connectivity index (χ0) is 18.1. The molecular weight excluding hydrogens is 323 g/mol. The smallest absolute Gasteiger partial charge is 0.339 e. The second kappa shape index (κ2) is 6.96. The standard InChI is InChI=1S/C16H22F3N3O2/c1-4-11-7-21(9-13(11)20(2)3)15(24)10-22-8-12(16(17,18)19)5-6-14(22)23/h5-6,8,11,13H,4,7,9-10H2,1-3H3/t11-,13-/m0/s1. The second-order valence-corrected chi connectivity index (χ2v) is 6.38. The highest BCUT2D eigenvalue weighted by Crippen LogP contribution is 2.28. The molecule has 5 nitrogen and oxygen atoms in total. The molecule has 1 aromatic rings. The fourth-order valence-corrected chi connectivity index (χ4v) is 3.11. The zero-order valence-corrected chi connectivity index (χ0v) is 14.0. The molecular formula is C16H22F3N3O2. The first-order chi connectivity index (χ1) is 11.1. The summed E-state index contributed by atoms with van der Waals surface area (Å²) in [6, 6.07) is 1.79. The van der Waals surface area contributed by atoms with Crippen LogP contribution in [0.15, 0.2) is 23.1 Å². The van der Waals surface area contributed by atoms with E-state index < -0.39 is 17.3 Å². The van der Waals surface area contributed by atoms with Gasteiger partial charge in [0.15, 0.2) is 0 Å². The number of alkyl halides is 3. The summed E-state index contributed by atoms with van der Waals surface area (Å²) in [4.78, 5) is 27.9. The van der Waals surface area contributed by atoms with E-state index in [0.717, 1.165) is 23.1 Å². The van der Waals surface area contributed by atoms with E-state index in [2.05, 4.69) is 4.90 Å². The van der Waals surface area contributed by atoms with Crippen LogP contribution >= 0.6 is 0 Å². The van der Waals surface area contributed by atoms with Crippen LogP contribution in [0.3, 0.4) is 0 Å². The van der Waals surface area contributed by atoms with Crippen molar-refractivity contribution in [3.05, 3.63) is 34.2 Å². The molecule has 134 valence electrons. The van der Waals surface area contributed by atoms with Crippen LogP contribution in [-0.4, -0.2) is 53.5 Å². The number of amides is 1. The summed E-state index contributed by atoms with van der Waals surface area (Å²) in [5.74, 6) is -0.0126. The van der Waals surface area contributed by atoms with Gasteiger partial charge in [-0.05, 0) is 26.1 Å². The summed E-state index contributed by atoms with van der Waals surface area (Å²) < 4.78 is 39.1. The summed E-state index contributed by atoms with van der Waals surface area (Å²) in [5, 5.41) is 0. The van der Waals surface area contributed by atoms with Gasteiger partial charge in [-0.1, -0.05) is 13.3 Å². The molecule has 1 aliphatic rings. The van der Waals surface area contributed by atoms with Gasteiger partial charge in [-0.15, -0.1) is 0 Å². The fraction of sp³-hybridized carbons (Fsp3) is 0.625. The third-order valence-electron chi connectivity index (χ3n) is 4.56. The van der Waals surface area contributed by atoms with Crippen molar-refractivity contribution in [3.63, 3.8) is 0 Å². The maximum Gasteiger partial charge on any atom is 0.417 e. The Morgan fingerprint density at radius 1 is 1.29 bits per heavy atom. The van der Waals surface area contributed by atoms with Gasteiger partial charge in [0.25, 0.3) is 5.56 Å². The van der Waals surface area contributed by atoms with Crippen molar-refractivity contribution in [1.29, 1.82) is 0 Å². The largest absolute Gasteiger partial charge is 0.417 e. The molecule has 1 fully saturated rings. The molecule has 24 heavy (non-hydrogen) atoms. The Balaban J connectivity index is 2.14. The molecule has 2 heterocycles. The molecule has 0 N–H and O–H groups in total. The van der Waals surface area contributed by atoms with Crippen molar-refractivity contribution >= 4 is 5.91 Å². The van der Waals surface area contributed by atoms with Gasteiger partial charge in [-0.3, -0.25) is 9.59 Å². The maximum atomic E-state index is 12.8. The number of halogens is 3. The van der Waals surface area contributed by atoms with Crippen molar-refractivity contribution in [2.75, 3.05) is 27.2 Å². The first kappa shape index (κ1) is 18.5. The monoisotopic (exact) mass is 345 g/mol. The zero-order valence-electron chi connectivity index (χ0n) is 14.0. The summed E-state index contributed by atoms with van der Waals surface area (Å²) in [6.45, 7) is 2.76. The molecule has 1 saturated heterocycles. The van der Waals surface area contributed by atoms with Gasteiger partial charge in [0.05, 0.1) is 5.56 Å². The van der Waals surface area contributed by atoms with Crippen molar-refractivity contribution < 1.29 is 18.0 Å². The van der Waals surface area contributed by atoms with Crippen LogP contribution in [0.5, 0.6) is 0 Å². The van der Waals surface area contributed by atoms with Gasteiger partial charge in [-0.25, -0.2) is 0 Å². The number of pyridine rings is 1. The number of nitrogens with zero attached hydrogens (tertiary/aromatic N) is 3. The van der Waals surface area contributed by atoms with Gasteiger partial charge >= 0.3 is 6.18 Å². The lowest BCUT2D eigenvalue weighted by molar-refractivity contribution is -0.138. The predicted molar refractivity (Wildman–Crippen MR) is 83.5 cm³/mol. The van der Waals surface area contributed by atoms with Gasteiger partial charge < -0.3 is 14.4 Å². The molecule has 0 spiro atoms. The van der Waals surface area contributed by atoms with E-state index in [4.69, 9.17) is 0 Å². The van der Waals surface area contributed by atoms with Gasteiger partial charge in [0.2, 0.25) is 5.91 Å². The van der Waals surface area contributed by atoms with Crippen molar-refractivity contribution in [2.24, 2.45) is 5.92 Å². The van der Waals surface area contributed by atoms with Gasteiger partial charge in [0.1, 0.15) is 6.54 Å². The van der Waals surface area contributed by atoms with Crippen LogP contribution < -0.4 is 5.56 Å². The highest BCUT2D eigenvalue weighted by Gasteiger charge is 2.35. The predicted octanol–water partition coefficient (Wildman–Crippen LogP) is 1.67. The van der Waals surface area contributed by atoms with Crippen LogP contribution in [0.2, 0.25) is 0 Å². The van der Waals surface area contributed by atoms with Crippen LogP contribution in [0, 0.1) is 5.92 Å². The second-order valence-electron chi connectivity index (χ2n) is 6.38. The first-order valence-electron chi connectivity index (χ1n) is 7.85. The third kappa shape index (κ3) is 3.98. The minimum Gasteiger partial charge on any atom is -0.339 e. The molecule has 1 aliphatic heterocycles. The molecule has 1 amide bonds. The SMILES string of the molecule is CC[C@H]1CN(C(=O)Cn2cc(C(F)(F)F)ccc2=O)C[C@@H]1N(C)C. The molecule has 1 aromatic heterocycles. The Bertz CT molecular complexity index is 655. The highest BCUT2D eigenvalue weighted by molar-refractivity contribution is 5.76. The molecule has 0 aliphatic carbocycles. The minimum absolute atomic E-state index is 0.220.